The molecular formula is C17H19BrN4O. The summed E-state index contributed by atoms with van der Waals surface area (Å²) in [5.74, 6) is 0.505. The molecule has 3 rings (SSSR count). The Morgan fingerprint density at radius 2 is 1.87 bits per heavy atom. The molecular weight excluding hydrogens is 356 g/mol. The molecule has 1 amide bonds. The van der Waals surface area contributed by atoms with Crippen LogP contribution in [-0.2, 0) is 0 Å². The predicted octanol–water partition coefficient (Wildman–Crippen LogP) is 3.79. The van der Waals surface area contributed by atoms with Crippen molar-refractivity contribution in [2.24, 2.45) is 0 Å². The number of hydrogen-bond donors (Lipinski definition) is 1. The molecule has 1 fully saturated rings. The predicted molar refractivity (Wildman–Crippen MR) is 94.9 cm³/mol. The highest BCUT2D eigenvalue weighted by Gasteiger charge is 2.14. The van der Waals surface area contributed by atoms with Crippen LogP contribution in [0.15, 0.2) is 35.1 Å². The maximum Gasteiger partial charge on any atom is 0.258 e. The molecule has 120 valence electrons. The standard InChI is InChI=1S/C17H19BrN4O/c1-12-5-6-14(9-15(12)18)21-16(23)13-10-19-17(20-11-13)22-7-3-2-4-8-22/h5-6,9-11H,2-4,7-8H2,1H3,(H,21,23). The highest BCUT2D eigenvalue weighted by molar-refractivity contribution is 9.10. The summed E-state index contributed by atoms with van der Waals surface area (Å²) in [5, 5.41) is 2.86. The van der Waals surface area contributed by atoms with Crippen molar-refractivity contribution in [3.05, 3.63) is 46.2 Å². The number of piperidine rings is 1. The fourth-order valence-corrected chi connectivity index (χ4v) is 2.95. The van der Waals surface area contributed by atoms with Gasteiger partial charge in [-0.3, -0.25) is 4.79 Å². The van der Waals surface area contributed by atoms with Crippen LogP contribution < -0.4 is 10.2 Å². The van der Waals surface area contributed by atoms with E-state index in [1.165, 1.54) is 19.3 Å². The monoisotopic (exact) mass is 374 g/mol. The first-order valence-corrected chi connectivity index (χ1v) is 8.57. The number of benzene rings is 1. The summed E-state index contributed by atoms with van der Waals surface area (Å²) in [6.07, 6.45) is 6.80. The largest absolute Gasteiger partial charge is 0.341 e. The van der Waals surface area contributed by atoms with Crippen molar-refractivity contribution < 1.29 is 4.79 Å². The van der Waals surface area contributed by atoms with Crippen LogP contribution in [0.1, 0.15) is 35.2 Å². The van der Waals surface area contributed by atoms with Gasteiger partial charge in [-0.2, -0.15) is 0 Å². The van der Waals surface area contributed by atoms with E-state index in [4.69, 9.17) is 0 Å². The lowest BCUT2D eigenvalue weighted by Crippen LogP contribution is -2.31. The van der Waals surface area contributed by atoms with Crippen molar-refractivity contribution in [1.82, 2.24) is 9.97 Å². The van der Waals surface area contributed by atoms with E-state index in [9.17, 15) is 4.79 Å². The Bertz CT molecular complexity index is 696. The third-order valence-corrected chi connectivity index (χ3v) is 4.82. The Kier molecular flexibility index (Phi) is 4.91. The molecule has 0 aliphatic carbocycles. The second-order valence-electron chi connectivity index (χ2n) is 5.74. The molecule has 1 aliphatic heterocycles. The molecule has 2 aromatic rings. The van der Waals surface area contributed by atoms with Gasteiger partial charge in [0.25, 0.3) is 5.91 Å². The third kappa shape index (κ3) is 3.88. The maximum atomic E-state index is 12.3. The topological polar surface area (TPSA) is 58.1 Å². The number of aromatic nitrogens is 2. The van der Waals surface area contributed by atoms with Crippen LogP contribution in [0.3, 0.4) is 0 Å². The van der Waals surface area contributed by atoms with Crippen LogP contribution in [0, 0.1) is 6.92 Å². The zero-order chi connectivity index (χ0) is 16.2. The number of anilines is 2. The lowest BCUT2D eigenvalue weighted by atomic mass is 10.1. The highest BCUT2D eigenvalue weighted by Crippen LogP contribution is 2.21. The van der Waals surface area contributed by atoms with Crippen molar-refractivity contribution in [1.29, 1.82) is 0 Å². The quantitative estimate of drug-likeness (QED) is 0.887. The molecule has 1 aromatic carbocycles. The Labute approximate surface area is 144 Å². The molecule has 1 aromatic heterocycles. The number of rotatable bonds is 3. The van der Waals surface area contributed by atoms with Gasteiger partial charge in [0.1, 0.15) is 0 Å². The van der Waals surface area contributed by atoms with Gasteiger partial charge in [0.2, 0.25) is 5.95 Å². The summed E-state index contributed by atoms with van der Waals surface area (Å²) in [4.78, 5) is 23.1. The first kappa shape index (κ1) is 15.9. The van der Waals surface area contributed by atoms with E-state index >= 15 is 0 Å². The van der Waals surface area contributed by atoms with Gasteiger partial charge in [-0.15, -0.1) is 0 Å². The molecule has 1 N–H and O–H groups in total. The van der Waals surface area contributed by atoms with Crippen molar-refractivity contribution in [2.45, 2.75) is 26.2 Å². The minimum Gasteiger partial charge on any atom is -0.341 e. The van der Waals surface area contributed by atoms with Crippen molar-refractivity contribution in [3.63, 3.8) is 0 Å². The number of amides is 1. The first-order chi connectivity index (χ1) is 11.1. The molecule has 0 radical (unpaired) electrons. The van der Waals surface area contributed by atoms with E-state index in [0.717, 1.165) is 28.8 Å². The Morgan fingerprint density at radius 3 is 2.52 bits per heavy atom. The van der Waals surface area contributed by atoms with Gasteiger partial charge in [0.15, 0.2) is 0 Å². The minimum absolute atomic E-state index is 0.203. The summed E-state index contributed by atoms with van der Waals surface area (Å²) in [6, 6.07) is 5.72. The number of carbonyl (C=O) groups is 1. The van der Waals surface area contributed by atoms with Gasteiger partial charge in [0, 0.05) is 35.6 Å². The highest BCUT2D eigenvalue weighted by atomic mass is 79.9. The van der Waals surface area contributed by atoms with Gasteiger partial charge in [-0.25, -0.2) is 9.97 Å². The Balaban J connectivity index is 1.68. The summed E-state index contributed by atoms with van der Waals surface area (Å²) in [6.45, 7) is 3.98. The average molecular weight is 375 g/mol. The molecule has 0 bridgehead atoms. The Hall–Kier alpha value is -1.95. The number of hydrogen-bond acceptors (Lipinski definition) is 4. The fourth-order valence-electron chi connectivity index (χ4n) is 2.57. The molecule has 6 heteroatoms. The second kappa shape index (κ2) is 7.08. The molecule has 0 saturated carbocycles. The lowest BCUT2D eigenvalue weighted by Gasteiger charge is -2.26. The van der Waals surface area contributed by atoms with Crippen molar-refractivity contribution in [2.75, 3.05) is 23.3 Å². The van der Waals surface area contributed by atoms with E-state index in [1.807, 2.05) is 25.1 Å². The van der Waals surface area contributed by atoms with Crippen LogP contribution >= 0.6 is 15.9 Å². The zero-order valence-electron chi connectivity index (χ0n) is 13.1. The van der Waals surface area contributed by atoms with Crippen LogP contribution in [0.25, 0.3) is 0 Å². The summed E-state index contributed by atoms with van der Waals surface area (Å²) >= 11 is 3.46. The smallest absolute Gasteiger partial charge is 0.258 e. The molecule has 2 heterocycles. The molecule has 0 atom stereocenters. The maximum absolute atomic E-state index is 12.3. The van der Waals surface area contributed by atoms with Crippen LogP contribution in [0.4, 0.5) is 11.6 Å². The molecule has 0 spiro atoms. The summed E-state index contributed by atoms with van der Waals surface area (Å²) in [5.41, 5.74) is 2.33. The van der Waals surface area contributed by atoms with Crippen LogP contribution in [0.5, 0.6) is 0 Å². The number of carbonyl (C=O) groups excluding carboxylic acids is 1. The number of halogens is 1. The normalized spacial score (nSPS) is 14.6. The van der Waals surface area contributed by atoms with Gasteiger partial charge < -0.3 is 10.2 Å². The van der Waals surface area contributed by atoms with Crippen LogP contribution in [-0.4, -0.2) is 29.0 Å². The van der Waals surface area contributed by atoms with Crippen LogP contribution in [0.2, 0.25) is 0 Å². The van der Waals surface area contributed by atoms with E-state index in [0.29, 0.717) is 11.5 Å². The number of nitrogens with zero attached hydrogens (tertiary/aromatic N) is 3. The van der Waals surface area contributed by atoms with Crippen molar-refractivity contribution >= 4 is 33.5 Å². The molecule has 5 nitrogen and oxygen atoms in total. The van der Waals surface area contributed by atoms with E-state index in [-0.39, 0.29) is 5.91 Å². The lowest BCUT2D eigenvalue weighted by molar-refractivity contribution is 0.102. The average Bonchev–Trinajstić information content (AvgIpc) is 2.59. The van der Waals surface area contributed by atoms with Crippen molar-refractivity contribution in [3.8, 4) is 0 Å². The molecule has 1 aliphatic rings. The van der Waals surface area contributed by atoms with Gasteiger partial charge in [-0.1, -0.05) is 22.0 Å². The van der Waals surface area contributed by atoms with E-state index in [1.54, 1.807) is 12.4 Å². The summed E-state index contributed by atoms with van der Waals surface area (Å²) in [7, 11) is 0. The fraction of sp³-hybridized carbons (Fsp3) is 0.353. The molecule has 0 unspecified atom stereocenters. The Morgan fingerprint density at radius 1 is 1.17 bits per heavy atom. The summed E-state index contributed by atoms with van der Waals surface area (Å²) < 4.78 is 0.965. The second-order valence-corrected chi connectivity index (χ2v) is 6.59. The van der Waals surface area contributed by atoms with E-state index in [2.05, 4.69) is 36.1 Å². The third-order valence-electron chi connectivity index (χ3n) is 3.97. The zero-order valence-corrected chi connectivity index (χ0v) is 14.6. The number of aryl methyl sites for hydroxylation is 1. The molecule has 23 heavy (non-hydrogen) atoms. The van der Waals surface area contributed by atoms with Gasteiger partial charge >= 0.3 is 0 Å². The van der Waals surface area contributed by atoms with E-state index < -0.39 is 0 Å². The molecule has 1 saturated heterocycles. The minimum atomic E-state index is -0.203. The first-order valence-electron chi connectivity index (χ1n) is 7.78. The SMILES string of the molecule is Cc1ccc(NC(=O)c2cnc(N3CCCCC3)nc2)cc1Br. The van der Waals surface area contributed by atoms with Gasteiger partial charge in [-0.05, 0) is 43.9 Å². The van der Waals surface area contributed by atoms with Gasteiger partial charge in [0.05, 0.1) is 5.56 Å². The number of nitrogens with one attached hydrogen (secondary N) is 1.